The first-order chi connectivity index (χ1) is 21.5. The SMILES string of the molecule is CCCCCCCCCCc1ccc(S(OS(=O)(=O)C(F)(F)C(F)(F)C(F)(F)C(F)(F)F)(c2ccccc2)c2ccccc2)cc1. The molecule has 0 spiro atoms. The van der Waals surface area contributed by atoms with E-state index in [0.717, 1.165) is 44.1 Å². The van der Waals surface area contributed by atoms with Crippen LogP contribution < -0.4 is 0 Å². The molecule has 0 aliphatic rings. The van der Waals surface area contributed by atoms with Gasteiger partial charge in [-0.05, 0) is 65.1 Å². The maximum Gasteiger partial charge on any atom is 0.460 e. The number of aryl methyl sites for hydroxylation is 1. The molecular weight excluding hydrogens is 667 g/mol. The predicted molar refractivity (Wildman–Crippen MR) is 159 cm³/mol. The maximum atomic E-state index is 15.0. The van der Waals surface area contributed by atoms with E-state index in [0.29, 0.717) is 6.42 Å². The molecule has 0 saturated heterocycles. The van der Waals surface area contributed by atoms with Crippen molar-refractivity contribution in [3.05, 3.63) is 90.5 Å². The van der Waals surface area contributed by atoms with E-state index in [2.05, 4.69) is 6.92 Å². The van der Waals surface area contributed by atoms with Crippen molar-refractivity contribution in [1.82, 2.24) is 0 Å². The highest BCUT2D eigenvalue weighted by atomic mass is 32.3. The number of benzene rings is 3. The molecule has 0 atom stereocenters. The van der Waals surface area contributed by atoms with Gasteiger partial charge in [-0.15, -0.1) is 0 Å². The Morgan fingerprint density at radius 3 is 1.39 bits per heavy atom. The molecule has 0 N–H and O–H groups in total. The van der Waals surface area contributed by atoms with Crippen LogP contribution in [-0.4, -0.2) is 31.7 Å². The normalized spacial score (nSPS) is 14.0. The van der Waals surface area contributed by atoms with Gasteiger partial charge in [-0.25, -0.2) is 3.63 Å². The van der Waals surface area contributed by atoms with Crippen molar-refractivity contribution in [2.45, 2.75) is 103 Å². The van der Waals surface area contributed by atoms with Crippen LogP contribution >= 0.6 is 10.3 Å². The van der Waals surface area contributed by atoms with Gasteiger partial charge < -0.3 is 0 Å². The largest absolute Gasteiger partial charge is 0.460 e. The molecule has 14 heteroatoms. The van der Waals surface area contributed by atoms with E-state index in [1.807, 2.05) is 0 Å². The molecule has 0 aliphatic carbocycles. The third kappa shape index (κ3) is 7.70. The second-order valence-corrected chi connectivity index (χ2v) is 15.2. The van der Waals surface area contributed by atoms with E-state index >= 15 is 8.78 Å². The fraction of sp³-hybridized carbons (Fsp3) is 0.438. The lowest BCUT2D eigenvalue weighted by atomic mass is 10.0. The molecule has 3 rings (SSSR count). The van der Waals surface area contributed by atoms with Crippen LogP contribution in [0.4, 0.5) is 39.5 Å². The minimum absolute atomic E-state index is 0.102. The van der Waals surface area contributed by atoms with Crippen molar-refractivity contribution < 1.29 is 51.6 Å². The fourth-order valence-corrected chi connectivity index (χ4v) is 9.97. The van der Waals surface area contributed by atoms with Gasteiger partial charge in [0.05, 0.1) is 0 Å². The zero-order valence-electron chi connectivity index (χ0n) is 24.9. The minimum atomic E-state index is -7.44. The summed E-state index contributed by atoms with van der Waals surface area (Å²) in [5.41, 5.74) is 0.786. The number of halogens is 9. The standard InChI is InChI=1S/C32H35F9O3S2/c1-2-3-4-5-6-7-8-11-16-25-21-23-28(24-22-25)45(26-17-12-9-13-18-26,27-19-14-10-15-20-27)44-46(42,43)32(40,41)30(35,36)29(33,34)31(37,38)39/h9-10,12-15,17-24H,2-8,11,16H2,1H3. The summed E-state index contributed by atoms with van der Waals surface area (Å²) >= 11 is 0. The summed E-state index contributed by atoms with van der Waals surface area (Å²) in [6, 6.07) is 19.3. The van der Waals surface area contributed by atoms with Crippen LogP contribution in [0.1, 0.15) is 63.9 Å². The molecule has 0 aromatic heterocycles. The lowest BCUT2D eigenvalue weighted by Gasteiger charge is -2.41. The lowest BCUT2D eigenvalue weighted by molar-refractivity contribution is -0.382. The van der Waals surface area contributed by atoms with Crippen LogP contribution in [0.3, 0.4) is 0 Å². The van der Waals surface area contributed by atoms with Gasteiger partial charge >= 0.3 is 33.4 Å². The lowest BCUT2D eigenvalue weighted by Crippen LogP contribution is -2.63. The van der Waals surface area contributed by atoms with Gasteiger partial charge in [0.15, 0.2) is 0 Å². The topological polar surface area (TPSA) is 43.4 Å². The third-order valence-corrected chi connectivity index (χ3v) is 12.6. The van der Waals surface area contributed by atoms with E-state index in [1.54, 1.807) is 12.1 Å². The molecule has 0 bridgehead atoms. The maximum absolute atomic E-state index is 15.0. The van der Waals surface area contributed by atoms with Crippen molar-refractivity contribution in [2.24, 2.45) is 0 Å². The number of hydrogen-bond acceptors (Lipinski definition) is 3. The predicted octanol–water partition coefficient (Wildman–Crippen LogP) is 11.3. The Kier molecular flexibility index (Phi) is 12.3. The van der Waals surface area contributed by atoms with Gasteiger partial charge in [-0.3, -0.25) is 0 Å². The van der Waals surface area contributed by atoms with Crippen LogP contribution in [0.15, 0.2) is 99.6 Å². The molecular formula is C32H35F9O3S2. The molecule has 0 saturated carbocycles. The van der Waals surface area contributed by atoms with E-state index in [-0.39, 0.29) is 14.7 Å². The molecule has 256 valence electrons. The molecule has 0 heterocycles. The van der Waals surface area contributed by atoms with Crippen molar-refractivity contribution in [1.29, 1.82) is 0 Å². The third-order valence-electron chi connectivity index (χ3n) is 7.35. The van der Waals surface area contributed by atoms with Gasteiger partial charge in [-0.1, -0.05) is 100 Å². The number of unbranched alkanes of at least 4 members (excludes halogenated alkanes) is 7. The van der Waals surface area contributed by atoms with E-state index in [1.165, 1.54) is 85.6 Å². The van der Waals surface area contributed by atoms with Crippen molar-refractivity contribution in [3.63, 3.8) is 0 Å². The van der Waals surface area contributed by atoms with E-state index < -0.39 is 43.7 Å². The first-order valence-electron chi connectivity index (χ1n) is 14.6. The zero-order chi connectivity index (χ0) is 34.3. The Labute approximate surface area is 264 Å². The number of alkyl halides is 9. The highest BCUT2D eigenvalue weighted by Gasteiger charge is 2.86. The van der Waals surface area contributed by atoms with Crippen LogP contribution in [-0.2, 0) is 20.2 Å². The average Bonchev–Trinajstić information content (AvgIpc) is 3.01. The molecule has 0 radical (unpaired) electrons. The summed E-state index contributed by atoms with van der Waals surface area (Å²) in [6.45, 7) is 2.13. The summed E-state index contributed by atoms with van der Waals surface area (Å²) in [4.78, 5) is -0.348. The van der Waals surface area contributed by atoms with Crippen LogP contribution in [0, 0.1) is 0 Å². The molecule has 3 nitrogen and oxygen atoms in total. The average molecular weight is 703 g/mol. The fourth-order valence-electron chi connectivity index (χ4n) is 4.76. The quantitative estimate of drug-likeness (QED) is 0.104. The highest BCUT2D eigenvalue weighted by Crippen LogP contribution is 2.71. The van der Waals surface area contributed by atoms with Gasteiger partial charge in [0.25, 0.3) is 0 Å². The zero-order valence-corrected chi connectivity index (χ0v) is 26.5. The van der Waals surface area contributed by atoms with E-state index in [9.17, 15) is 39.2 Å². The Hall–Kier alpha value is -2.71. The van der Waals surface area contributed by atoms with Crippen molar-refractivity contribution in [3.8, 4) is 0 Å². The summed E-state index contributed by atoms with van der Waals surface area (Å²) in [6.07, 6.45) is 1.98. The van der Waals surface area contributed by atoms with Gasteiger partial charge in [0.2, 0.25) is 0 Å². The van der Waals surface area contributed by atoms with Crippen LogP contribution in [0.25, 0.3) is 0 Å². The van der Waals surface area contributed by atoms with E-state index in [4.69, 9.17) is 3.63 Å². The van der Waals surface area contributed by atoms with Crippen molar-refractivity contribution in [2.75, 3.05) is 0 Å². The molecule has 0 fully saturated rings. The molecule has 3 aromatic carbocycles. The Bertz CT molecular complexity index is 1440. The minimum Gasteiger partial charge on any atom is -0.202 e. The molecule has 46 heavy (non-hydrogen) atoms. The number of rotatable bonds is 17. The van der Waals surface area contributed by atoms with Gasteiger partial charge in [0.1, 0.15) is 0 Å². The second-order valence-electron chi connectivity index (χ2n) is 10.7. The second kappa shape index (κ2) is 15.0. The summed E-state index contributed by atoms with van der Waals surface area (Å²) < 4.78 is 156. The smallest absolute Gasteiger partial charge is 0.202 e. The van der Waals surface area contributed by atoms with Crippen LogP contribution in [0.5, 0.6) is 0 Å². The molecule has 0 amide bonds. The van der Waals surface area contributed by atoms with Crippen LogP contribution in [0.2, 0.25) is 0 Å². The molecule has 0 aliphatic heterocycles. The number of hydrogen-bond donors (Lipinski definition) is 0. The molecule has 3 aromatic rings. The van der Waals surface area contributed by atoms with Crippen molar-refractivity contribution >= 4 is 20.4 Å². The Balaban J connectivity index is 2.07. The summed E-state index contributed by atoms with van der Waals surface area (Å²) in [7, 11) is -11.2. The van der Waals surface area contributed by atoms with Gasteiger partial charge in [-0.2, -0.15) is 47.9 Å². The first-order valence-corrected chi connectivity index (χ1v) is 17.6. The summed E-state index contributed by atoms with van der Waals surface area (Å²) in [5, 5.41) is -7.02. The summed E-state index contributed by atoms with van der Waals surface area (Å²) in [5.74, 6) is -14.9. The first kappa shape index (κ1) is 37.7. The Morgan fingerprint density at radius 1 is 0.543 bits per heavy atom. The molecule has 0 unspecified atom stereocenters. The highest BCUT2D eigenvalue weighted by molar-refractivity contribution is 8.33. The monoisotopic (exact) mass is 702 g/mol. The van der Waals surface area contributed by atoms with Gasteiger partial charge in [0, 0.05) is 14.7 Å². The Morgan fingerprint density at radius 2 is 0.957 bits per heavy atom.